The van der Waals surface area contributed by atoms with E-state index < -0.39 is 15.9 Å². The molecule has 148 valence electrons. The van der Waals surface area contributed by atoms with Gasteiger partial charge in [0.05, 0.1) is 4.90 Å². The smallest absolute Gasteiger partial charge is 0.283 e. The van der Waals surface area contributed by atoms with Crippen LogP contribution in [0.4, 0.5) is 11.5 Å². The minimum atomic E-state index is -3.78. The first-order chi connectivity index (χ1) is 13.3. The van der Waals surface area contributed by atoms with Crippen LogP contribution in [0.25, 0.3) is 0 Å². The van der Waals surface area contributed by atoms with Crippen LogP contribution in [0.15, 0.2) is 45.7 Å². The molecule has 0 saturated carbocycles. The van der Waals surface area contributed by atoms with Gasteiger partial charge in [-0.2, -0.15) is 8.42 Å². The molecule has 2 heterocycles. The van der Waals surface area contributed by atoms with E-state index in [1.54, 1.807) is 17.0 Å². The summed E-state index contributed by atoms with van der Waals surface area (Å²) >= 11 is 0. The predicted molar refractivity (Wildman–Crippen MR) is 107 cm³/mol. The first kappa shape index (κ1) is 19.7. The quantitative estimate of drug-likeness (QED) is 0.809. The lowest BCUT2D eigenvalue weighted by molar-refractivity contribution is 0.102. The number of benzene rings is 1. The van der Waals surface area contributed by atoms with Crippen LogP contribution in [0.5, 0.6) is 0 Å². The van der Waals surface area contributed by atoms with Crippen LogP contribution in [0.3, 0.4) is 0 Å². The average molecular weight is 402 g/mol. The Hall–Kier alpha value is -3.01. The Bertz CT molecular complexity index is 985. The van der Waals surface area contributed by atoms with Gasteiger partial charge in [-0.05, 0) is 42.8 Å². The lowest BCUT2D eigenvalue weighted by atomic mass is 10.3. The van der Waals surface area contributed by atoms with Crippen molar-refractivity contribution in [1.29, 1.82) is 0 Å². The summed E-state index contributed by atoms with van der Waals surface area (Å²) < 4.78 is 28.8. The minimum absolute atomic E-state index is 0.0772. The average Bonchev–Trinajstić information content (AvgIpc) is 3.06. The molecule has 0 aliphatic carbocycles. The molecule has 0 unspecified atom stereocenters. The number of likely N-dealkylation sites (tertiary alicyclic amines) is 1. The third-order valence-corrected chi connectivity index (χ3v) is 5.63. The maximum Gasteiger partial charge on any atom is 0.283 e. The van der Waals surface area contributed by atoms with Crippen molar-refractivity contribution in [3.05, 3.63) is 42.1 Å². The number of carbonyl (C=O) groups excluding carboxylic acids is 1. The molecule has 9 nitrogen and oxygen atoms in total. The molecular formula is C18H22N6O3S. The van der Waals surface area contributed by atoms with Crippen LogP contribution in [0.1, 0.15) is 23.3 Å². The van der Waals surface area contributed by atoms with Crippen molar-refractivity contribution in [2.24, 2.45) is 4.40 Å². The summed E-state index contributed by atoms with van der Waals surface area (Å²) in [6, 6.07) is 9.15. The standard InChI is InChI=1S/C18H22N6O3S/c1-23(2)16-11-10-15(20-21-16)18(25)19-13-6-8-14(9-7-13)28(26,27)22-17-5-4-12-24(17)3/h6-11H,4-5,12H2,1-3H3,(H,19,25)/b22-17-. The number of amides is 1. The Labute approximate surface area is 164 Å². The van der Waals surface area contributed by atoms with E-state index in [0.29, 0.717) is 23.8 Å². The van der Waals surface area contributed by atoms with Crippen molar-refractivity contribution in [1.82, 2.24) is 15.1 Å². The summed E-state index contributed by atoms with van der Waals surface area (Å²) in [6.07, 6.45) is 1.55. The highest BCUT2D eigenvalue weighted by Gasteiger charge is 2.20. The number of sulfonamides is 1. The third-order valence-electron chi connectivity index (χ3n) is 4.31. The summed E-state index contributed by atoms with van der Waals surface area (Å²) in [7, 11) is 1.70. The molecule has 0 radical (unpaired) electrons. The summed E-state index contributed by atoms with van der Waals surface area (Å²) in [5, 5.41) is 10.5. The minimum Gasteiger partial charge on any atom is -0.362 e. The van der Waals surface area contributed by atoms with Crippen molar-refractivity contribution in [3.63, 3.8) is 0 Å². The van der Waals surface area contributed by atoms with Gasteiger partial charge in [-0.1, -0.05) is 0 Å². The molecular weight excluding hydrogens is 380 g/mol. The van der Waals surface area contributed by atoms with E-state index >= 15 is 0 Å². The van der Waals surface area contributed by atoms with E-state index in [2.05, 4.69) is 19.9 Å². The fourth-order valence-corrected chi connectivity index (χ4v) is 3.78. The molecule has 28 heavy (non-hydrogen) atoms. The van der Waals surface area contributed by atoms with Gasteiger partial charge >= 0.3 is 0 Å². The summed E-state index contributed by atoms with van der Waals surface area (Å²) in [5.41, 5.74) is 0.617. The Morgan fingerprint density at radius 3 is 2.39 bits per heavy atom. The molecule has 1 aromatic carbocycles. The lowest BCUT2D eigenvalue weighted by Gasteiger charge is -2.11. The number of nitrogens with zero attached hydrogens (tertiary/aromatic N) is 5. The van der Waals surface area contributed by atoms with E-state index in [1.807, 2.05) is 26.0 Å². The van der Waals surface area contributed by atoms with Crippen LogP contribution in [0, 0.1) is 0 Å². The monoisotopic (exact) mass is 402 g/mol. The number of carbonyl (C=O) groups is 1. The molecule has 1 saturated heterocycles. The second kappa shape index (κ2) is 7.93. The second-order valence-electron chi connectivity index (χ2n) is 6.66. The molecule has 1 aliphatic heterocycles. The SMILES string of the molecule is CN1CCC/C1=N/S(=O)(=O)c1ccc(NC(=O)c2ccc(N(C)C)nn2)cc1. The molecule has 0 bridgehead atoms. The van der Waals surface area contributed by atoms with Crippen molar-refractivity contribution in [2.75, 3.05) is 37.9 Å². The van der Waals surface area contributed by atoms with Crippen LogP contribution >= 0.6 is 0 Å². The fraction of sp³-hybridized carbons (Fsp3) is 0.333. The molecule has 10 heteroatoms. The molecule has 0 spiro atoms. The van der Waals surface area contributed by atoms with Crippen LogP contribution in [-0.4, -0.2) is 62.9 Å². The molecule has 1 aromatic heterocycles. The molecule has 1 N–H and O–H groups in total. The van der Waals surface area contributed by atoms with E-state index in [4.69, 9.17) is 0 Å². The first-order valence-corrected chi connectivity index (χ1v) is 10.2. The zero-order chi connectivity index (χ0) is 20.3. The highest BCUT2D eigenvalue weighted by molar-refractivity contribution is 7.90. The largest absolute Gasteiger partial charge is 0.362 e. The fourth-order valence-electron chi connectivity index (χ4n) is 2.69. The van der Waals surface area contributed by atoms with E-state index in [-0.39, 0.29) is 10.6 Å². The lowest BCUT2D eigenvalue weighted by Crippen LogP contribution is -2.20. The van der Waals surface area contributed by atoms with E-state index in [1.165, 1.54) is 24.3 Å². The van der Waals surface area contributed by atoms with Gasteiger partial charge in [0.25, 0.3) is 15.9 Å². The number of hydrogen-bond acceptors (Lipinski definition) is 6. The number of anilines is 2. The molecule has 1 amide bonds. The zero-order valence-electron chi connectivity index (χ0n) is 16.0. The Balaban J connectivity index is 1.71. The number of aromatic nitrogens is 2. The van der Waals surface area contributed by atoms with Crippen molar-refractivity contribution in [3.8, 4) is 0 Å². The molecule has 0 atom stereocenters. The van der Waals surface area contributed by atoms with Crippen LogP contribution in [0.2, 0.25) is 0 Å². The molecule has 1 aliphatic rings. The molecule has 1 fully saturated rings. The summed E-state index contributed by atoms with van der Waals surface area (Å²) in [6.45, 7) is 0.803. The number of amidine groups is 1. The zero-order valence-corrected chi connectivity index (χ0v) is 16.8. The van der Waals surface area contributed by atoms with Crippen LogP contribution in [-0.2, 0) is 10.0 Å². The number of nitrogens with one attached hydrogen (secondary N) is 1. The van der Waals surface area contributed by atoms with Gasteiger partial charge in [0, 0.05) is 39.8 Å². The topological polar surface area (TPSA) is 108 Å². The normalized spacial score (nSPS) is 15.7. The molecule has 2 aromatic rings. The number of hydrogen-bond donors (Lipinski definition) is 1. The van der Waals surface area contributed by atoms with Crippen LogP contribution < -0.4 is 10.2 Å². The van der Waals surface area contributed by atoms with Gasteiger partial charge in [0.2, 0.25) is 0 Å². The van der Waals surface area contributed by atoms with Crippen molar-refractivity contribution < 1.29 is 13.2 Å². The van der Waals surface area contributed by atoms with Crippen molar-refractivity contribution in [2.45, 2.75) is 17.7 Å². The summed E-state index contributed by atoms with van der Waals surface area (Å²) in [5.74, 6) is 0.777. The highest BCUT2D eigenvalue weighted by Crippen LogP contribution is 2.19. The maximum atomic E-state index is 12.5. The summed E-state index contributed by atoms with van der Waals surface area (Å²) in [4.78, 5) is 16.0. The number of rotatable bonds is 5. The maximum absolute atomic E-state index is 12.5. The van der Waals surface area contributed by atoms with Gasteiger partial charge in [0.1, 0.15) is 5.84 Å². The second-order valence-corrected chi connectivity index (χ2v) is 8.26. The van der Waals surface area contributed by atoms with Gasteiger partial charge in [-0.25, -0.2) is 0 Å². The van der Waals surface area contributed by atoms with Gasteiger partial charge < -0.3 is 15.1 Å². The van der Waals surface area contributed by atoms with E-state index in [9.17, 15) is 13.2 Å². The Morgan fingerprint density at radius 1 is 1.14 bits per heavy atom. The van der Waals surface area contributed by atoms with Gasteiger partial charge in [0.15, 0.2) is 11.5 Å². The predicted octanol–water partition coefficient (Wildman–Crippen LogP) is 1.61. The first-order valence-electron chi connectivity index (χ1n) is 8.74. The van der Waals surface area contributed by atoms with E-state index in [0.717, 1.165) is 13.0 Å². The molecule has 3 rings (SSSR count). The third kappa shape index (κ3) is 4.45. The highest BCUT2D eigenvalue weighted by atomic mass is 32.2. The van der Waals surface area contributed by atoms with Gasteiger partial charge in [-0.3, -0.25) is 4.79 Å². The Morgan fingerprint density at radius 2 is 1.86 bits per heavy atom. The van der Waals surface area contributed by atoms with Gasteiger partial charge in [-0.15, -0.1) is 14.6 Å². The van der Waals surface area contributed by atoms with Crippen molar-refractivity contribution >= 4 is 33.3 Å². The Kier molecular flexibility index (Phi) is 5.59.